The molecule has 9 heteroatoms. The van der Waals surface area contributed by atoms with Gasteiger partial charge in [0.1, 0.15) is 21.5 Å². The summed E-state index contributed by atoms with van der Waals surface area (Å²) in [6, 6.07) is 16.1. The molecule has 1 amide bonds. The minimum absolute atomic E-state index is 0.0359. The summed E-state index contributed by atoms with van der Waals surface area (Å²) in [5, 5.41) is 2.70. The summed E-state index contributed by atoms with van der Waals surface area (Å²) in [6.45, 7) is 0. The highest BCUT2D eigenvalue weighted by molar-refractivity contribution is 7.94. The molecule has 1 aromatic heterocycles. The SMILES string of the molecule is COc1ccc(NC(=O)/C=C/c2ccc(S(=O)(=O)[N-]c3ccccc3OC)cc2)c[nH+]1. The van der Waals surface area contributed by atoms with Crippen LogP contribution in [0.5, 0.6) is 11.6 Å². The van der Waals surface area contributed by atoms with Crippen molar-refractivity contribution in [3.63, 3.8) is 0 Å². The molecule has 0 saturated heterocycles. The molecule has 3 rings (SSSR count). The van der Waals surface area contributed by atoms with Crippen LogP contribution in [0.4, 0.5) is 11.4 Å². The molecule has 0 aliphatic carbocycles. The Morgan fingerprint density at radius 2 is 1.74 bits per heavy atom. The first-order valence-corrected chi connectivity index (χ1v) is 10.6. The number of nitrogens with zero attached hydrogens (tertiary/aromatic N) is 1. The van der Waals surface area contributed by atoms with E-state index in [4.69, 9.17) is 9.47 Å². The van der Waals surface area contributed by atoms with E-state index in [2.05, 4.69) is 15.0 Å². The molecule has 2 aromatic carbocycles. The third-order valence-corrected chi connectivity index (χ3v) is 5.49. The van der Waals surface area contributed by atoms with Crippen LogP contribution in [-0.4, -0.2) is 28.5 Å². The number of sulfonamides is 1. The van der Waals surface area contributed by atoms with Crippen LogP contribution < -0.4 is 19.8 Å². The van der Waals surface area contributed by atoms with Crippen LogP contribution in [0.3, 0.4) is 0 Å². The highest BCUT2D eigenvalue weighted by Crippen LogP contribution is 2.35. The lowest BCUT2D eigenvalue weighted by molar-refractivity contribution is -0.392. The molecule has 0 saturated carbocycles. The van der Waals surface area contributed by atoms with Crippen molar-refractivity contribution in [3.05, 3.63) is 83.2 Å². The average Bonchev–Trinajstić information content (AvgIpc) is 2.78. The number of carbonyl (C=O) groups excluding carboxylic acids is 1. The van der Waals surface area contributed by atoms with Gasteiger partial charge in [0.25, 0.3) is 0 Å². The molecule has 0 unspecified atom stereocenters. The Bertz CT molecular complexity index is 1170. The molecule has 0 aliphatic rings. The number of nitrogens with one attached hydrogen (secondary N) is 2. The Balaban J connectivity index is 1.65. The van der Waals surface area contributed by atoms with Gasteiger partial charge in [0.15, 0.2) is 6.20 Å². The molecular weight excluding hydrogens is 418 g/mol. The number of ether oxygens (including phenoxy) is 2. The Kier molecular flexibility index (Phi) is 6.88. The van der Waals surface area contributed by atoms with Gasteiger partial charge in [0, 0.05) is 6.08 Å². The maximum absolute atomic E-state index is 12.6. The number of anilines is 1. The number of rotatable bonds is 8. The van der Waals surface area contributed by atoms with Crippen molar-refractivity contribution in [2.24, 2.45) is 0 Å². The van der Waals surface area contributed by atoms with Crippen molar-refractivity contribution in [1.82, 2.24) is 0 Å². The quantitative estimate of drug-likeness (QED) is 0.540. The molecule has 2 N–H and O–H groups in total. The van der Waals surface area contributed by atoms with Crippen LogP contribution in [0, 0.1) is 0 Å². The third-order valence-electron chi connectivity index (χ3n) is 4.18. The van der Waals surface area contributed by atoms with Crippen LogP contribution in [0.25, 0.3) is 10.8 Å². The minimum Gasteiger partial charge on any atom is -0.570 e. The average molecular weight is 439 g/mol. The zero-order valence-corrected chi connectivity index (χ0v) is 17.7. The van der Waals surface area contributed by atoms with Crippen LogP contribution >= 0.6 is 0 Å². The number of carbonyl (C=O) groups is 1. The lowest BCUT2D eigenvalue weighted by Crippen LogP contribution is -2.12. The number of pyridine rings is 1. The number of para-hydroxylation sites is 1. The second-order valence-electron chi connectivity index (χ2n) is 6.28. The molecule has 8 nitrogen and oxygen atoms in total. The van der Waals surface area contributed by atoms with Gasteiger partial charge >= 0.3 is 5.88 Å². The number of aromatic nitrogens is 1. The van der Waals surface area contributed by atoms with E-state index in [-0.39, 0.29) is 16.5 Å². The molecule has 0 radical (unpaired) electrons. The van der Waals surface area contributed by atoms with Gasteiger partial charge in [-0.15, -0.1) is 0 Å². The third kappa shape index (κ3) is 5.83. The first kappa shape index (κ1) is 21.8. The number of hydrogen-bond donors (Lipinski definition) is 1. The Morgan fingerprint density at radius 1 is 1.00 bits per heavy atom. The summed E-state index contributed by atoms with van der Waals surface area (Å²) in [4.78, 5) is 15.0. The summed E-state index contributed by atoms with van der Waals surface area (Å²) >= 11 is 0. The molecular formula is C22H21N3O5S. The normalized spacial score (nSPS) is 11.2. The van der Waals surface area contributed by atoms with Gasteiger partial charge in [-0.25, -0.2) is 8.42 Å². The first-order chi connectivity index (χ1) is 14.9. The van der Waals surface area contributed by atoms with Crippen LogP contribution in [-0.2, 0) is 14.8 Å². The van der Waals surface area contributed by atoms with E-state index in [1.165, 1.54) is 32.4 Å². The van der Waals surface area contributed by atoms with E-state index in [1.54, 1.807) is 60.8 Å². The fraction of sp³-hybridized carbons (Fsp3) is 0.0909. The van der Waals surface area contributed by atoms with Crippen molar-refractivity contribution in [2.45, 2.75) is 4.90 Å². The molecule has 0 fully saturated rings. The van der Waals surface area contributed by atoms with Crippen molar-refractivity contribution >= 4 is 33.4 Å². The second-order valence-corrected chi connectivity index (χ2v) is 7.88. The highest BCUT2D eigenvalue weighted by Gasteiger charge is 2.07. The Morgan fingerprint density at radius 3 is 2.39 bits per heavy atom. The lowest BCUT2D eigenvalue weighted by atomic mass is 10.2. The van der Waals surface area contributed by atoms with E-state index in [0.717, 1.165) is 0 Å². The van der Waals surface area contributed by atoms with Crippen molar-refractivity contribution in [3.8, 4) is 11.6 Å². The summed E-state index contributed by atoms with van der Waals surface area (Å²) in [5.74, 6) is 0.605. The summed E-state index contributed by atoms with van der Waals surface area (Å²) < 4.78 is 39.2. The van der Waals surface area contributed by atoms with Crippen molar-refractivity contribution in [1.29, 1.82) is 0 Å². The molecule has 3 aromatic rings. The zero-order valence-electron chi connectivity index (χ0n) is 16.9. The van der Waals surface area contributed by atoms with Gasteiger partial charge in [-0.3, -0.25) is 4.79 Å². The van der Waals surface area contributed by atoms with Crippen molar-refractivity contribution < 1.29 is 27.7 Å². The van der Waals surface area contributed by atoms with Crippen LogP contribution in [0.15, 0.2) is 77.8 Å². The zero-order chi connectivity index (χ0) is 22.3. The minimum atomic E-state index is -3.91. The van der Waals surface area contributed by atoms with Crippen LogP contribution in [0.1, 0.15) is 5.56 Å². The summed E-state index contributed by atoms with van der Waals surface area (Å²) in [5.41, 5.74) is 1.46. The van der Waals surface area contributed by atoms with Crippen molar-refractivity contribution in [2.75, 3.05) is 19.5 Å². The molecule has 1 heterocycles. The number of H-pyrrole nitrogens is 1. The van der Waals surface area contributed by atoms with E-state index in [0.29, 0.717) is 22.9 Å². The maximum atomic E-state index is 12.6. The Labute approximate surface area is 180 Å². The highest BCUT2D eigenvalue weighted by atomic mass is 32.2. The van der Waals surface area contributed by atoms with Gasteiger partial charge < -0.3 is 19.5 Å². The number of hydrogen-bond acceptors (Lipinski definition) is 5. The van der Waals surface area contributed by atoms with E-state index in [9.17, 15) is 13.2 Å². The first-order valence-electron chi connectivity index (χ1n) is 9.17. The van der Waals surface area contributed by atoms with E-state index >= 15 is 0 Å². The number of amides is 1. The molecule has 0 atom stereocenters. The standard InChI is InChI=1S/C22H20N3O5S/c1-29-20-6-4-3-5-19(20)25-31(27,28)18-11-7-16(8-12-18)9-13-21(26)24-17-10-14-22(30-2)23-15-17/h3-15H,1-2H3,(H,24,26)/q-1/p+1/b13-9+. The Hall–Kier alpha value is -3.85. The van der Waals surface area contributed by atoms with E-state index in [1.807, 2.05) is 0 Å². The molecule has 0 bridgehead atoms. The molecule has 31 heavy (non-hydrogen) atoms. The molecule has 0 spiro atoms. The summed E-state index contributed by atoms with van der Waals surface area (Å²) in [7, 11) is -0.925. The lowest BCUT2D eigenvalue weighted by Gasteiger charge is -2.24. The van der Waals surface area contributed by atoms with Gasteiger partial charge in [-0.2, -0.15) is 4.98 Å². The number of aromatic amines is 1. The molecule has 160 valence electrons. The van der Waals surface area contributed by atoms with Gasteiger partial charge in [0.05, 0.1) is 25.2 Å². The predicted molar refractivity (Wildman–Crippen MR) is 117 cm³/mol. The van der Waals surface area contributed by atoms with E-state index < -0.39 is 10.0 Å². The maximum Gasteiger partial charge on any atom is 0.365 e. The molecule has 0 aliphatic heterocycles. The second kappa shape index (κ2) is 9.77. The number of methoxy groups -OCH3 is 2. The smallest absolute Gasteiger partial charge is 0.365 e. The number of benzene rings is 2. The van der Waals surface area contributed by atoms with Gasteiger partial charge in [-0.1, -0.05) is 36.0 Å². The summed E-state index contributed by atoms with van der Waals surface area (Å²) in [6.07, 6.45) is 4.54. The van der Waals surface area contributed by atoms with Crippen LogP contribution in [0.2, 0.25) is 0 Å². The largest absolute Gasteiger partial charge is 0.570 e. The topological polar surface area (TPSA) is 110 Å². The fourth-order valence-electron chi connectivity index (χ4n) is 2.61. The van der Waals surface area contributed by atoms with Gasteiger partial charge in [-0.05, 0) is 35.9 Å². The fourth-order valence-corrected chi connectivity index (χ4v) is 3.60. The predicted octanol–water partition coefficient (Wildman–Crippen LogP) is 3.56. The monoisotopic (exact) mass is 439 g/mol. The van der Waals surface area contributed by atoms with Gasteiger partial charge in [0.2, 0.25) is 5.91 Å².